The Labute approximate surface area is 240 Å². The third kappa shape index (κ3) is 8.21. The number of likely N-dealkylation sites (N-methyl/N-ethyl adjacent to an activating group) is 1. The van der Waals surface area contributed by atoms with Crippen molar-refractivity contribution < 1.29 is 18.0 Å². The van der Waals surface area contributed by atoms with E-state index in [-0.39, 0.29) is 18.9 Å². The second-order valence-corrected chi connectivity index (χ2v) is 12.2. The molecule has 0 aliphatic rings. The fraction of sp³-hybridized carbons (Fsp3) is 0.310. The molecule has 3 rings (SSSR count). The zero-order valence-corrected chi connectivity index (χ0v) is 24.8. The number of carbonyl (C=O) groups is 2. The van der Waals surface area contributed by atoms with Crippen LogP contribution in [0, 0.1) is 13.8 Å². The number of benzene rings is 3. The summed E-state index contributed by atoms with van der Waals surface area (Å²) in [5.74, 6) is -0.892. The third-order valence-electron chi connectivity index (χ3n) is 6.29. The van der Waals surface area contributed by atoms with E-state index in [1.807, 2.05) is 49.4 Å². The summed E-state index contributed by atoms with van der Waals surface area (Å²) in [5, 5.41) is 3.60. The van der Waals surface area contributed by atoms with Crippen LogP contribution >= 0.6 is 23.2 Å². The van der Waals surface area contributed by atoms with Crippen LogP contribution in [-0.2, 0) is 32.6 Å². The lowest BCUT2D eigenvalue weighted by atomic mass is 10.0. The molecule has 0 saturated heterocycles. The average molecular weight is 591 g/mol. The average Bonchev–Trinajstić information content (AvgIpc) is 2.87. The molecule has 0 spiro atoms. The van der Waals surface area contributed by atoms with Gasteiger partial charge in [-0.15, -0.1) is 0 Å². The number of rotatable bonds is 11. The lowest BCUT2D eigenvalue weighted by Gasteiger charge is -2.34. The predicted molar refractivity (Wildman–Crippen MR) is 158 cm³/mol. The molecule has 0 aliphatic heterocycles. The first-order valence-corrected chi connectivity index (χ1v) is 15.1. The van der Waals surface area contributed by atoms with E-state index in [4.69, 9.17) is 23.2 Å². The van der Waals surface area contributed by atoms with E-state index >= 15 is 0 Å². The number of amides is 2. The van der Waals surface area contributed by atoms with Gasteiger partial charge in [-0.25, -0.2) is 8.42 Å². The van der Waals surface area contributed by atoms with E-state index in [9.17, 15) is 18.0 Å². The van der Waals surface area contributed by atoms with Crippen LogP contribution < -0.4 is 9.62 Å². The first-order valence-electron chi connectivity index (χ1n) is 12.5. The Balaban J connectivity index is 2.09. The minimum absolute atomic E-state index is 0.0200. The second kappa shape index (κ2) is 13.3. The molecule has 0 unspecified atom stereocenters. The van der Waals surface area contributed by atoms with Gasteiger partial charge in [0.2, 0.25) is 21.8 Å². The van der Waals surface area contributed by atoms with E-state index in [1.165, 1.54) is 4.90 Å². The number of nitrogens with one attached hydrogen (secondary N) is 1. The molecule has 0 fully saturated rings. The predicted octanol–water partition coefficient (Wildman–Crippen LogP) is 5.15. The maximum absolute atomic E-state index is 14.1. The molecule has 1 N–H and O–H groups in total. The topological polar surface area (TPSA) is 86.8 Å². The molecule has 0 aromatic heterocycles. The van der Waals surface area contributed by atoms with Gasteiger partial charge in [0.05, 0.1) is 11.9 Å². The molecule has 0 bridgehead atoms. The standard InChI is InChI=1S/C29H33Cl2N3O4S/c1-5-32-29(36)27(16-22-9-7-6-8-10-22)33(18-23-13-14-24(30)17-25(23)31)28(35)19-34(39(4,37)38)26-15-20(2)11-12-21(26)3/h6-15,17,27H,5,16,18-19H2,1-4H3,(H,32,36)/t27-/m0/s1. The highest BCUT2D eigenvalue weighted by atomic mass is 35.5. The van der Waals surface area contributed by atoms with Crippen molar-refractivity contribution in [3.8, 4) is 0 Å². The number of anilines is 1. The highest BCUT2D eigenvalue weighted by Crippen LogP contribution is 2.27. The Kier molecular flexibility index (Phi) is 10.4. The zero-order chi connectivity index (χ0) is 28.7. The quantitative estimate of drug-likeness (QED) is 0.335. The van der Waals surface area contributed by atoms with Crippen molar-refractivity contribution >= 4 is 50.7 Å². The molecule has 7 nitrogen and oxygen atoms in total. The van der Waals surface area contributed by atoms with Crippen LogP contribution in [0.2, 0.25) is 10.0 Å². The second-order valence-electron chi connectivity index (χ2n) is 9.42. The van der Waals surface area contributed by atoms with Gasteiger partial charge in [0.25, 0.3) is 0 Å². The Morgan fingerprint density at radius 3 is 2.28 bits per heavy atom. The van der Waals surface area contributed by atoms with Gasteiger partial charge in [-0.2, -0.15) is 0 Å². The van der Waals surface area contributed by atoms with Crippen LogP contribution in [0.25, 0.3) is 0 Å². The van der Waals surface area contributed by atoms with Gasteiger partial charge in [-0.3, -0.25) is 13.9 Å². The summed E-state index contributed by atoms with van der Waals surface area (Å²) >= 11 is 12.6. The van der Waals surface area contributed by atoms with Gasteiger partial charge in [0.1, 0.15) is 12.6 Å². The van der Waals surface area contributed by atoms with Crippen LogP contribution in [0.1, 0.15) is 29.2 Å². The SMILES string of the molecule is CCNC(=O)[C@H](Cc1ccccc1)N(Cc1ccc(Cl)cc1Cl)C(=O)CN(c1cc(C)ccc1C)S(C)(=O)=O. The number of nitrogens with zero attached hydrogens (tertiary/aromatic N) is 2. The molecule has 2 amide bonds. The monoisotopic (exact) mass is 589 g/mol. The largest absolute Gasteiger partial charge is 0.355 e. The Morgan fingerprint density at radius 2 is 1.67 bits per heavy atom. The normalized spacial score (nSPS) is 12.1. The minimum atomic E-state index is -3.85. The van der Waals surface area contributed by atoms with Crippen molar-refractivity contribution in [2.75, 3.05) is 23.7 Å². The number of aryl methyl sites for hydroxylation is 2. The van der Waals surface area contributed by atoms with Crippen molar-refractivity contribution in [1.29, 1.82) is 0 Å². The van der Waals surface area contributed by atoms with Gasteiger partial charge >= 0.3 is 0 Å². The van der Waals surface area contributed by atoms with Gasteiger partial charge < -0.3 is 10.2 Å². The van der Waals surface area contributed by atoms with Crippen molar-refractivity contribution in [2.45, 2.75) is 39.8 Å². The molecule has 3 aromatic rings. The number of halogens is 2. The lowest BCUT2D eigenvalue weighted by Crippen LogP contribution is -2.53. The number of hydrogen-bond donors (Lipinski definition) is 1. The molecule has 3 aromatic carbocycles. The summed E-state index contributed by atoms with van der Waals surface area (Å²) in [7, 11) is -3.85. The molecular formula is C29H33Cl2N3O4S. The summed E-state index contributed by atoms with van der Waals surface area (Å²) in [6, 6.07) is 18.8. The van der Waals surface area contributed by atoms with E-state index in [1.54, 1.807) is 38.1 Å². The summed E-state index contributed by atoms with van der Waals surface area (Å²) in [5.41, 5.74) is 3.40. The van der Waals surface area contributed by atoms with E-state index < -0.39 is 28.5 Å². The highest BCUT2D eigenvalue weighted by Gasteiger charge is 2.33. The maximum Gasteiger partial charge on any atom is 0.244 e. The zero-order valence-electron chi connectivity index (χ0n) is 22.4. The minimum Gasteiger partial charge on any atom is -0.355 e. The van der Waals surface area contributed by atoms with Crippen molar-refractivity contribution in [2.24, 2.45) is 0 Å². The molecule has 0 aliphatic carbocycles. The van der Waals surface area contributed by atoms with Gasteiger partial charge in [0, 0.05) is 29.6 Å². The number of hydrogen-bond acceptors (Lipinski definition) is 4. The molecule has 0 heterocycles. The molecule has 1 atom stereocenters. The van der Waals surface area contributed by atoms with Crippen LogP contribution in [0.3, 0.4) is 0 Å². The maximum atomic E-state index is 14.1. The molecule has 39 heavy (non-hydrogen) atoms. The Hall–Kier alpha value is -3.07. The first kappa shape index (κ1) is 30.5. The molecule has 0 saturated carbocycles. The summed E-state index contributed by atoms with van der Waals surface area (Å²) in [6.07, 6.45) is 1.29. The van der Waals surface area contributed by atoms with Crippen LogP contribution in [0.4, 0.5) is 5.69 Å². The van der Waals surface area contributed by atoms with Crippen molar-refractivity contribution in [3.63, 3.8) is 0 Å². The van der Waals surface area contributed by atoms with Crippen LogP contribution in [-0.4, -0.2) is 50.5 Å². The fourth-order valence-corrected chi connectivity index (χ4v) is 5.63. The molecule has 10 heteroatoms. The molecular weight excluding hydrogens is 557 g/mol. The summed E-state index contributed by atoms with van der Waals surface area (Å²) in [4.78, 5) is 28.8. The summed E-state index contributed by atoms with van der Waals surface area (Å²) in [6.45, 7) is 5.30. The Morgan fingerprint density at radius 1 is 0.974 bits per heavy atom. The van der Waals surface area contributed by atoms with Gasteiger partial charge in [-0.05, 0) is 61.2 Å². The lowest BCUT2D eigenvalue weighted by molar-refractivity contribution is -0.140. The van der Waals surface area contributed by atoms with Gasteiger partial charge in [0.15, 0.2) is 0 Å². The highest BCUT2D eigenvalue weighted by molar-refractivity contribution is 7.92. The summed E-state index contributed by atoms with van der Waals surface area (Å²) < 4.78 is 27.0. The van der Waals surface area contributed by atoms with Crippen LogP contribution in [0.15, 0.2) is 66.7 Å². The first-order chi connectivity index (χ1) is 18.4. The number of sulfonamides is 1. The van der Waals surface area contributed by atoms with Crippen molar-refractivity contribution in [1.82, 2.24) is 10.2 Å². The molecule has 0 radical (unpaired) electrons. The number of carbonyl (C=O) groups excluding carboxylic acids is 2. The molecule has 208 valence electrons. The van der Waals surface area contributed by atoms with Gasteiger partial charge in [-0.1, -0.05) is 71.7 Å². The third-order valence-corrected chi connectivity index (χ3v) is 8.00. The van der Waals surface area contributed by atoms with E-state index in [2.05, 4.69) is 5.32 Å². The van der Waals surface area contributed by atoms with E-state index in [0.29, 0.717) is 33.4 Å². The van der Waals surface area contributed by atoms with E-state index in [0.717, 1.165) is 21.7 Å². The van der Waals surface area contributed by atoms with Crippen LogP contribution in [0.5, 0.6) is 0 Å². The Bertz CT molecular complexity index is 1430. The smallest absolute Gasteiger partial charge is 0.244 e. The fourth-order valence-electron chi connectivity index (χ4n) is 4.26. The van der Waals surface area contributed by atoms with Crippen molar-refractivity contribution in [3.05, 3.63) is 99.0 Å².